The molecule has 0 saturated carbocycles. The van der Waals surface area contributed by atoms with E-state index in [-0.39, 0.29) is 63.4 Å². The Morgan fingerprint density at radius 1 is 0.605 bits per heavy atom. The minimum atomic E-state index is -1.18. The number of hydrogen-bond donors (Lipinski definition) is 2. The molecular weight excluding hydrogens is 574 g/mol. The van der Waals surface area contributed by atoms with Gasteiger partial charge in [0, 0.05) is 44.4 Å². The van der Waals surface area contributed by atoms with Crippen LogP contribution in [0.1, 0.15) is 38.5 Å². The highest BCUT2D eigenvalue weighted by atomic mass is 16.6. The van der Waals surface area contributed by atoms with Crippen molar-refractivity contribution in [1.82, 2.24) is 4.90 Å². The van der Waals surface area contributed by atoms with Gasteiger partial charge in [-0.05, 0) is 12.8 Å². The standard InChI is InChI=1S/C28H43NO14/c30-23(20-22(28(36)37)3-6-27(34)35)7-9-39-11-13-41-15-17-43-19-18-42-16-14-40-12-10-38-8-1-2-24(31)21-29-25(32)4-5-26(29)33/h4-5,22H,1-3,6-21H2,(H,34,35)(H,36,37). The lowest BCUT2D eigenvalue weighted by atomic mass is 9.96. The number of aliphatic carboxylic acids is 2. The molecule has 1 heterocycles. The van der Waals surface area contributed by atoms with Crippen LogP contribution in [-0.2, 0) is 57.2 Å². The minimum absolute atomic E-state index is 0.0522. The Balaban J connectivity index is 1.79. The van der Waals surface area contributed by atoms with Crippen molar-refractivity contribution in [3.63, 3.8) is 0 Å². The lowest BCUT2D eigenvalue weighted by Gasteiger charge is -2.12. The number of ether oxygens (including phenoxy) is 6. The van der Waals surface area contributed by atoms with E-state index in [1.54, 1.807) is 0 Å². The van der Waals surface area contributed by atoms with Gasteiger partial charge in [-0.25, -0.2) is 0 Å². The number of amides is 2. The van der Waals surface area contributed by atoms with Gasteiger partial charge in [-0.15, -0.1) is 0 Å². The molecule has 15 nitrogen and oxygen atoms in total. The molecule has 1 aliphatic rings. The summed E-state index contributed by atoms with van der Waals surface area (Å²) in [4.78, 5) is 69.2. The van der Waals surface area contributed by atoms with E-state index in [0.717, 1.165) is 17.1 Å². The van der Waals surface area contributed by atoms with E-state index in [9.17, 15) is 28.8 Å². The zero-order valence-electron chi connectivity index (χ0n) is 24.4. The first kappa shape index (κ1) is 37.9. The first-order chi connectivity index (χ1) is 20.7. The molecule has 0 aromatic carbocycles. The molecule has 0 aliphatic carbocycles. The number of carboxylic acids is 2. The van der Waals surface area contributed by atoms with Crippen LogP contribution in [0.3, 0.4) is 0 Å². The average Bonchev–Trinajstić information content (AvgIpc) is 3.27. The van der Waals surface area contributed by atoms with Crippen LogP contribution in [0, 0.1) is 5.92 Å². The predicted molar refractivity (Wildman–Crippen MR) is 147 cm³/mol. The monoisotopic (exact) mass is 617 g/mol. The lowest BCUT2D eigenvalue weighted by molar-refractivity contribution is -0.145. The van der Waals surface area contributed by atoms with E-state index in [0.29, 0.717) is 72.5 Å². The molecular formula is C28H43NO14. The molecule has 43 heavy (non-hydrogen) atoms. The fourth-order valence-electron chi connectivity index (χ4n) is 3.59. The van der Waals surface area contributed by atoms with Crippen molar-refractivity contribution in [3.05, 3.63) is 12.2 Å². The van der Waals surface area contributed by atoms with Gasteiger partial charge in [-0.3, -0.25) is 33.7 Å². The summed E-state index contributed by atoms with van der Waals surface area (Å²) in [5, 5.41) is 17.7. The van der Waals surface area contributed by atoms with Crippen LogP contribution in [0.4, 0.5) is 0 Å². The summed E-state index contributed by atoms with van der Waals surface area (Å²) in [6.07, 6.45) is 2.46. The summed E-state index contributed by atoms with van der Waals surface area (Å²) in [6, 6.07) is 0. The van der Waals surface area contributed by atoms with Crippen LogP contribution in [0.15, 0.2) is 12.2 Å². The van der Waals surface area contributed by atoms with Gasteiger partial charge in [0.1, 0.15) is 5.78 Å². The third-order valence-electron chi connectivity index (χ3n) is 5.89. The van der Waals surface area contributed by atoms with Crippen molar-refractivity contribution in [3.8, 4) is 0 Å². The van der Waals surface area contributed by atoms with Crippen molar-refractivity contribution in [1.29, 1.82) is 0 Å². The lowest BCUT2D eigenvalue weighted by Crippen LogP contribution is -2.35. The summed E-state index contributed by atoms with van der Waals surface area (Å²) >= 11 is 0. The third kappa shape index (κ3) is 20.5. The molecule has 0 aromatic rings. The third-order valence-corrected chi connectivity index (χ3v) is 5.89. The van der Waals surface area contributed by atoms with Crippen molar-refractivity contribution in [2.75, 3.05) is 85.8 Å². The fourth-order valence-corrected chi connectivity index (χ4v) is 3.59. The Morgan fingerprint density at radius 2 is 1.05 bits per heavy atom. The van der Waals surface area contributed by atoms with E-state index >= 15 is 0 Å². The Kier molecular flexibility index (Phi) is 21.5. The van der Waals surface area contributed by atoms with Crippen LogP contribution in [0.25, 0.3) is 0 Å². The Bertz CT molecular complexity index is 888. The second-order valence-corrected chi connectivity index (χ2v) is 9.37. The SMILES string of the molecule is O=C(O)CCC(CC(=O)CCOCCOCCOCCOCCOCCOCCCC(=O)CN1C(=O)C=CC1=O)C(=O)O. The Morgan fingerprint density at radius 3 is 1.49 bits per heavy atom. The van der Waals surface area contributed by atoms with Crippen molar-refractivity contribution in [2.24, 2.45) is 5.92 Å². The minimum Gasteiger partial charge on any atom is -0.481 e. The maximum atomic E-state index is 11.9. The second kappa shape index (κ2) is 24.4. The maximum absolute atomic E-state index is 11.9. The first-order valence-electron chi connectivity index (χ1n) is 14.2. The zero-order valence-corrected chi connectivity index (χ0v) is 24.4. The van der Waals surface area contributed by atoms with Gasteiger partial charge in [0.05, 0.1) is 85.1 Å². The molecule has 2 N–H and O–H groups in total. The maximum Gasteiger partial charge on any atom is 0.306 e. The number of carbonyl (C=O) groups excluding carboxylic acids is 4. The van der Waals surface area contributed by atoms with Gasteiger partial charge in [0.25, 0.3) is 11.8 Å². The molecule has 0 aromatic heterocycles. The number of rotatable bonds is 30. The Hall–Kier alpha value is -3.08. The average molecular weight is 618 g/mol. The molecule has 1 aliphatic heterocycles. The molecule has 0 fully saturated rings. The molecule has 15 heteroatoms. The molecule has 0 bridgehead atoms. The van der Waals surface area contributed by atoms with Crippen molar-refractivity contribution < 1.29 is 67.4 Å². The second-order valence-electron chi connectivity index (χ2n) is 9.37. The Labute approximate surface area is 250 Å². The van der Waals surface area contributed by atoms with E-state index < -0.39 is 29.7 Å². The summed E-state index contributed by atoms with van der Waals surface area (Å²) in [5.41, 5.74) is 0. The first-order valence-corrected chi connectivity index (χ1v) is 14.2. The molecule has 244 valence electrons. The van der Waals surface area contributed by atoms with Gasteiger partial charge in [-0.2, -0.15) is 0 Å². The topological polar surface area (TPSA) is 202 Å². The zero-order chi connectivity index (χ0) is 31.7. The molecule has 0 saturated heterocycles. The van der Waals surface area contributed by atoms with Crippen LogP contribution >= 0.6 is 0 Å². The number of nitrogens with zero attached hydrogens (tertiary/aromatic N) is 1. The summed E-state index contributed by atoms with van der Waals surface area (Å²) in [7, 11) is 0. The van der Waals surface area contributed by atoms with Gasteiger partial charge < -0.3 is 38.6 Å². The van der Waals surface area contributed by atoms with E-state index in [1.165, 1.54) is 0 Å². The number of Topliss-reactive ketones (excluding diaryl/α,β-unsaturated/α-hetero) is 2. The number of ketones is 2. The van der Waals surface area contributed by atoms with Gasteiger partial charge in [0.2, 0.25) is 0 Å². The highest BCUT2D eigenvalue weighted by molar-refractivity contribution is 6.14. The highest BCUT2D eigenvalue weighted by Crippen LogP contribution is 2.13. The quantitative estimate of drug-likeness (QED) is 0.0821. The molecule has 1 rings (SSSR count). The summed E-state index contributed by atoms with van der Waals surface area (Å²) < 4.78 is 32.2. The van der Waals surface area contributed by atoms with Gasteiger partial charge in [-0.1, -0.05) is 0 Å². The van der Waals surface area contributed by atoms with Crippen LogP contribution in [0.5, 0.6) is 0 Å². The van der Waals surface area contributed by atoms with E-state index in [2.05, 4.69) is 0 Å². The number of carbonyl (C=O) groups is 6. The number of hydrogen-bond acceptors (Lipinski definition) is 12. The van der Waals surface area contributed by atoms with Crippen LogP contribution < -0.4 is 0 Å². The van der Waals surface area contributed by atoms with E-state index in [1.807, 2.05) is 0 Å². The molecule has 0 spiro atoms. The number of carboxylic acid groups (broad SMARTS) is 2. The fraction of sp³-hybridized carbons (Fsp3) is 0.714. The molecule has 0 radical (unpaired) electrons. The van der Waals surface area contributed by atoms with Crippen molar-refractivity contribution in [2.45, 2.75) is 38.5 Å². The number of imide groups is 1. The molecule has 2 amide bonds. The van der Waals surface area contributed by atoms with E-state index in [4.69, 9.17) is 38.6 Å². The van der Waals surface area contributed by atoms with Gasteiger partial charge >= 0.3 is 11.9 Å². The van der Waals surface area contributed by atoms with Crippen molar-refractivity contribution >= 4 is 35.3 Å². The van der Waals surface area contributed by atoms with Crippen LogP contribution in [0.2, 0.25) is 0 Å². The molecule has 1 unspecified atom stereocenters. The predicted octanol–water partition coefficient (Wildman–Crippen LogP) is 0.275. The smallest absolute Gasteiger partial charge is 0.306 e. The van der Waals surface area contributed by atoms with Crippen LogP contribution in [-0.4, -0.2) is 136 Å². The summed E-state index contributed by atoms with van der Waals surface area (Å²) in [5.74, 6) is -4.71. The molecule has 1 atom stereocenters. The largest absolute Gasteiger partial charge is 0.481 e. The summed E-state index contributed by atoms with van der Waals surface area (Å²) in [6.45, 7) is 3.95. The van der Waals surface area contributed by atoms with Gasteiger partial charge in [0.15, 0.2) is 5.78 Å². The highest BCUT2D eigenvalue weighted by Gasteiger charge is 2.25. The normalized spacial score (nSPS) is 13.5.